The summed E-state index contributed by atoms with van der Waals surface area (Å²) in [5.41, 5.74) is 2.29. The topological polar surface area (TPSA) is 15.7 Å². The molecule has 0 bridgehead atoms. The number of ether oxygens (including phenoxy) is 1. The summed E-state index contributed by atoms with van der Waals surface area (Å²) in [6.45, 7) is 4.56. The molecule has 0 aromatic heterocycles. The van der Waals surface area contributed by atoms with Crippen molar-refractivity contribution in [1.29, 1.82) is 0 Å². The van der Waals surface area contributed by atoms with E-state index < -0.39 is 0 Å². The van der Waals surface area contributed by atoms with Crippen LogP contribution < -0.4 is 9.64 Å². The summed E-state index contributed by atoms with van der Waals surface area (Å²) in [4.78, 5) is 4.78. The van der Waals surface area contributed by atoms with Crippen LogP contribution in [-0.4, -0.2) is 37.6 Å². The van der Waals surface area contributed by atoms with Gasteiger partial charge in [0, 0.05) is 43.4 Å². The second kappa shape index (κ2) is 9.29. The maximum Gasteiger partial charge on any atom is 0.136 e. The average Bonchev–Trinajstić information content (AvgIpc) is 2.76. The van der Waals surface area contributed by atoms with Gasteiger partial charge in [0.15, 0.2) is 0 Å². The standard InChI is InChI=1S/C24H24ClFN2O/c25-20-7-4-8-22(17-20)28-15-13-27(14-16-28)18-24(19-5-2-1-3-6-19)29-23-11-9-21(26)10-12-23/h1-12,17,24H,13-16,18H2. The SMILES string of the molecule is Fc1ccc(OC(CN2CCN(c3cccc(Cl)c3)CC2)c2ccccc2)cc1. The van der Waals surface area contributed by atoms with Crippen molar-refractivity contribution in [1.82, 2.24) is 4.90 Å². The molecule has 0 spiro atoms. The average molecular weight is 411 g/mol. The van der Waals surface area contributed by atoms with E-state index in [1.165, 1.54) is 17.8 Å². The summed E-state index contributed by atoms with van der Waals surface area (Å²) in [5, 5.41) is 0.766. The molecule has 3 aromatic carbocycles. The zero-order chi connectivity index (χ0) is 20.1. The third kappa shape index (κ3) is 5.28. The summed E-state index contributed by atoms with van der Waals surface area (Å²) in [5.74, 6) is 0.420. The molecule has 1 heterocycles. The van der Waals surface area contributed by atoms with E-state index in [9.17, 15) is 4.39 Å². The zero-order valence-corrected chi connectivity index (χ0v) is 16.9. The molecule has 0 saturated carbocycles. The predicted octanol–water partition coefficient (Wildman–Crippen LogP) is 5.42. The minimum Gasteiger partial charge on any atom is -0.484 e. The molecule has 3 aromatic rings. The van der Waals surface area contributed by atoms with Crippen LogP contribution in [0.4, 0.5) is 10.1 Å². The fraction of sp³-hybridized carbons (Fsp3) is 0.250. The minimum absolute atomic E-state index is 0.112. The van der Waals surface area contributed by atoms with Crippen LogP contribution in [0.1, 0.15) is 11.7 Å². The van der Waals surface area contributed by atoms with Crippen LogP contribution >= 0.6 is 11.6 Å². The molecule has 1 atom stereocenters. The van der Waals surface area contributed by atoms with Crippen molar-refractivity contribution in [2.45, 2.75) is 6.10 Å². The monoisotopic (exact) mass is 410 g/mol. The van der Waals surface area contributed by atoms with Gasteiger partial charge >= 0.3 is 0 Å². The van der Waals surface area contributed by atoms with Crippen molar-refractivity contribution in [2.24, 2.45) is 0 Å². The van der Waals surface area contributed by atoms with Crippen LogP contribution in [-0.2, 0) is 0 Å². The minimum atomic E-state index is -0.259. The fourth-order valence-electron chi connectivity index (χ4n) is 3.65. The molecule has 5 heteroatoms. The van der Waals surface area contributed by atoms with E-state index in [1.807, 2.05) is 36.4 Å². The summed E-state index contributed by atoms with van der Waals surface area (Å²) >= 11 is 6.14. The van der Waals surface area contributed by atoms with Crippen molar-refractivity contribution >= 4 is 17.3 Å². The molecule has 1 aliphatic rings. The number of hydrogen-bond donors (Lipinski definition) is 0. The van der Waals surface area contributed by atoms with Gasteiger partial charge in [0.1, 0.15) is 17.7 Å². The van der Waals surface area contributed by atoms with E-state index in [0.29, 0.717) is 5.75 Å². The van der Waals surface area contributed by atoms with Gasteiger partial charge in [-0.3, -0.25) is 4.90 Å². The Morgan fingerprint density at radius 3 is 2.28 bits per heavy atom. The van der Waals surface area contributed by atoms with Crippen molar-refractivity contribution in [2.75, 3.05) is 37.6 Å². The highest BCUT2D eigenvalue weighted by molar-refractivity contribution is 6.30. The number of piperazine rings is 1. The van der Waals surface area contributed by atoms with E-state index in [4.69, 9.17) is 16.3 Å². The summed E-state index contributed by atoms with van der Waals surface area (Å²) in [6, 6.07) is 24.4. The van der Waals surface area contributed by atoms with Gasteiger partial charge in [-0.15, -0.1) is 0 Å². The molecule has 0 radical (unpaired) electrons. The van der Waals surface area contributed by atoms with Crippen molar-refractivity contribution < 1.29 is 9.13 Å². The second-order valence-corrected chi connectivity index (χ2v) is 7.68. The number of nitrogens with zero attached hydrogens (tertiary/aromatic N) is 2. The Labute approximate surface area is 176 Å². The number of halogens is 2. The quantitative estimate of drug-likeness (QED) is 0.539. The van der Waals surface area contributed by atoms with Crippen LogP contribution in [0.25, 0.3) is 0 Å². The number of rotatable bonds is 6. The Kier molecular flexibility index (Phi) is 6.33. The lowest BCUT2D eigenvalue weighted by molar-refractivity contribution is 0.128. The first-order valence-electron chi connectivity index (χ1n) is 9.87. The van der Waals surface area contributed by atoms with Gasteiger partial charge in [-0.05, 0) is 48.0 Å². The molecule has 1 saturated heterocycles. The molecule has 150 valence electrons. The Bertz CT molecular complexity index is 912. The molecule has 0 N–H and O–H groups in total. The number of anilines is 1. The highest BCUT2D eigenvalue weighted by Crippen LogP contribution is 2.25. The molecule has 29 heavy (non-hydrogen) atoms. The first-order valence-corrected chi connectivity index (χ1v) is 10.3. The first-order chi connectivity index (χ1) is 14.2. The fourth-order valence-corrected chi connectivity index (χ4v) is 3.84. The van der Waals surface area contributed by atoms with Gasteiger partial charge < -0.3 is 9.64 Å². The Balaban J connectivity index is 1.42. The molecule has 1 fully saturated rings. The zero-order valence-electron chi connectivity index (χ0n) is 16.2. The van der Waals surface area contributed by atoms with E-state index in [1.54, 1.807) is 12.1 Å². The van der Waals surface area contributed by atoms with Crippen molar-refractivity contribution in [3.63, 3.8) is 0 Å². The maximum absolute atomic E-state index is 13.2. The molecule has 4 rings (SSSR count). The normalized spacial score (nSPS) is 15.9. The third-order valence-electron chi connectivity index (χ3n) is 5.23. The maximum atomic E-state index is 13.2. The predicted molar refractivity (Wildman–Crippen MR) is 116 cm³/mol. The largest absolute Gasteiger partial charge is 0.484 e. The summed E-state index contributed by atoms with van der Waals surface area (Å²) < 4.78 is 19.5. The Morgan fingerprint density at radius 1 is 0.862 bits per heavy atom. The van der Waals surface area contributed by atoms with E-state index in [0.717, 1.165) is 43.3 Å². The molecule has 1 aliphatic heterocycles. The van der Waals surface area contributed by atoms with E-state index >= 15 is 0 Å². The molecular weight excluding hydrogens is 387 g/mol. The lowest BCUT2D eigenvalue weighted by Crippen LogP contribution is -2.48. The van der Waals surface area contributed by atoms with E-state index in [2.05, 4.69) is 28.0 Å². The first kappa shape index (κ1) is 19.7. The van der Waals surface area contributed by atoms with E-state index in [-0.39, 0.29) is 11.9 Å². The lowest BCUT2D eigenvalue weighted by Gasteiger charge is -2.37. The Hall–Kier alpha value is -2.56. The highest BCUT2D eigenvalue weighted by atomic mass is 35.5. The van der Waals surface area contributed by atoms with Crippen LogP contribution in [0.5, 0.6) is 5.75 Å². The van der Waals surface area contributed by atoms with Gasteiger partial charge in [0.05, 0.1) is 0 Å². The van der Waals surface area contributed by atoms with Crippen LogP contribution in [0.3, 0.4) is 0 Å². The summed E-state index contributed by atoms with van der Waals surface area (Å²) in [7, 11) is 0. The van der Waals surface area contributed by atoms with Crippen molar-refractivity contribution in [3.05, 3.63) is 95.3 Å². The van der Waals surface area contributed by atoms with Gasteiger partial charge in [0.25, 0.3) is 0 Å². The third-order valence-corrected chi connectivity index (χ3v) is 5.47. The van der Waals surface area contributed by atoms with Gasteiger partial charge in [-0.25, -0.2) is 4.39 Å². The summed E-state index contributed by atoms with van der Waals surface area (Å²) in [6.07, 6.45) is -0.112. The molecule has 0 aliphatic carbocycles. The number of benzene rings is 3. The number of hydrogen-bond acceptors (Lipinski definition) is 3. The van der Waals surface area contributed by atoms with Crippen LogP contribution in [0.15, 0.2) is 78.9 Å². The highest BCUT2D eigenvalue weighted by Gasteiger charge is 2.22. The smallest absolute Gasteiger partial charge is 0.136 e. The lowest BCUT2D eigenvalue weighted by atomic mass is 10.1. The van der Waals surface area contributed by atoms with Crippen molar-refractivity contribution in [3.8, 4) is 5.75 Å². The van der Waals surface area contributed by atoms with Crippen LogP contribution in [0, 0.1) is 5.82 Å². The Morgan fingerprint density at radius 2 is 1.59 bits per heavy atom. The van der Waals surface area contributed by atoms with Crippen LogP contribution in [0.2, 0.25) is 5.02 Å². The second-order valence-electron chi connectivity index (χ2n) is 7.24. The van der Waals surface area contributed by atoms with Gasteiger partial charge in [-0.2, -0.15) is 0 Å². The molecular formula is C24H24ClFN2O. The molecule has 1 unspecified atom stereocenters. The molecule has 3 nitrogen and oxygen atoms in total. The van der Waals surface area contributed by atoms with Gasteiger partial charge in [0.2, 0.25) is 0 Å². The van der Waals surface area contributed by atoms with Gasteiger partial charge in [-0.1, -0.05) is 48.0 Å². The molecule has 0 amide bonds.